The number of ether oxygens (including phenoxy) is 3. The molecular formula is C23H14ClFO5. The van der Waals surface area contributed by atoms with Crippen molar-refractivity contribution >= 4 is 29.4 Å². The lowest BCUT2D eigenvalue weighted by Gasteiger charge is -2.07. The van der Waals surface area contributed by atoms with E-state index in [4.69, 9.17) is 25.8 Å². The van der Waals surface area contributed by atoms with Crippen molar-refractivity contribution in [1.29, 1.82) is 0 Å². The first kappa shape index (κ1) is 19.7. The molecule has 0 unspecified atom stereocenters. The predicted octanol–water partition coefficient (Wildman–Crippen LogP) is 5.32. The molecule has 1 aliphatic heterocycles. The van der Waals surface area contributed by atoms with Gasteiger partial charge >= 0.3 is 5.97 Å². The van der Waals surface area contributed by atoms with Crippen LogP contribution < -0.4 is 14.2 Å². The third kappa shape index (κ3) is 3.77. The Kier molecular flexibility index (Phi) is 5.25. The molecule has 0 aromatic heterocycles. The maximum Gasteiger partial charge on any atom is 0.343 e. The zero-order valence-electron chi connectivity index (χ0n) is 15.6. The number of carbonyl (C=O) groups is 2. The Morgan fingerprint density at radius 2 is 1.87 bits per heavy atom. The Bertz CT molecular complexity index is 1180. The Morgan fingerprint density at radius 3 is 2.63 bits per heavy atom. The van der Waals surface area contributed by atoms with Crippen LogP contribution in [0.3, 0.4) is 0 Å². The van der Waals surface area contributed by atoms with Crippen LogP contribution in [0.5, 0.6) is 17.2 Å². The van der Waals surface area contributed by atoms with Crippen molar-refractivity contribution in [3.63, 3.8) is 0 Å². The van der Waals surface area contributed by atoms with Crippen molar-refractivity contribution in [3.8, 4) is 17.2 Å². The zero-order chi connectivity index (χ0) is 21.3. The van der Waals surface area contributed by atoms with E-state index in [-0.39, 0.29) is 33.4 Å². The first-order chi connectivity index (χ1) is 14.5. The molecule has 30 heavy (non-hydrogen) atoms. The molecule has 0 radical (unpaired) electrons. The zero-order valence-corrected chi connectivity index (χ0v) is 16.4. The molecule has 150 valence electrons. The minimum atomic E-state index is -0.591. The number of hydrogen-bond donors (Lipinski definition) is 0. The molecule has 1 heterocycles. The Hall–Kier alpha value is -3.64. The molecule has 0 N–H and O–H groups in total. The summed E-state index contributed by atoms with van der Waals surface area (Å²) >= 11 is 6.01. The fraction of sp³-hybridized carbons (Fsp3) is 0.0435. The summed E-state index contributed by atoms with van der Waals surface area (Å²) in [6.07, 6.45) is 1.25. The van der Waals surface area contributed by atoms with Crippen molar-refractivity contribution in [2.75, 3.05) is 7.11 Å². The van der Waals surface area contributed by atoms with Crippen LogP contribution in [0, 0.1) is 5.82 Å². The summed E-state index contributed by atoms with van der Waals surface area (Å²) in [6, 6.07) is 15.1. The SMILES string of the molecule is COc1cccc(C(=O)Oc2ccc3c(c2)O/C(=C\c2c(F)cccc2Cl)C3=O)c1. The Morgan fingerprint density at radius 1 is 1.07 bits per heavy atom. The van der Waals surface area contributed by atoms with Crippen molar-refractivity contribution in [2.45, 2.75) is 0 Å². The van der Waals surface area contributed by atoms with E-state index in [9.17, 15) is 14.0 Å². The van der Waals surface area contributed by atoms with E-state index in [1.54, 1.807) is 24.3 Å². The molecule has 5 nitrogen and oxygen atoms in total. The third-order valence-corrected chi connectivity index (χ3v) is 4.76. The smallest absolute Gasteiger partial charge is 0.343 e. The summed E-state index contributed by atoms with van der Waals surface area (Å²) in [7, 11) is 1.50. The first-order valence-electron chi connectivity index (χ1n) is 8.85. The van der Waals surface area contributed by atoms with E-state index < -0.39 is 17.6 Å². The van der Waals surface area contributed by atoms with Gasteiger partial charge in [0.25, 0.3) is 0 Å². The molecule has 0 fully saturated rings. The average molecular weight is 425 g/mol. The molecule has 1 aliphatic rings. The average Bonchev–Trinajstić information content (AvgIpc) is 3.05. The molecule has 4 rings (SSSR count). The lowest BCUT2D eigenvalue weighted by Crippen LogP contribution is -2.08. The molecule has 3 aromatic rings. The number of ketones is 1. The van der Waals surface area contributed by atoms with Gasteiger partial charge < -0.3 is 14.2 Å². The Labute approximate surface area is 176 Å². The van der Waals surface area contributed by atoms with E-state index in [2.05, 4.69) is 0 Å². The van der Waals surface area contributed by atoms with Crippen molar-refractivity contribution in [3.05, 3.63) is 94.0 Å². The second-order valence-electron chi connectivity index (χ2n) is 6.35. The minimum absolute atomic E-state index is 0.0556. The standard InChI is InChI=1S/C23H14ClFO5/c1-28-14-5-2-4-13(10-14)23(27)29-15-8-9-16-20(11-15)30-21(22(16)26)12-17-18(24)6-3-7-19(17)25/h2-12H,1H3/b21-12-. The van der Waals surface area contributed by atoms with Crippen LogP contribution in [0.2, 0.25) is 5.02 Å². The number of rotatable bonds is 4. The van der Waals surface area contributed by atoms with E-state index in [0.717, 1.165) is 0 Å². The molecular weight excluding hydrogens is 411 g/mol. The topological polar surface area (TPSA) is 61.8 Å². The number of hydrogen-bond acceptors (Lipinski definition) is 5. The maximum atomic E-state index is 14.0. The number of benzene rings is 3. The highest BCUT2D eigenvalue weighted by atomic mass is 35.5. The highest BCUT2D eigenvalue weighted by molar-refractivity contribution is 6.32. The van der Waals surface area contributed by atoms with Crippen LogP contribution in [0.15, 0.2) is 66.4 Å². The molecule has 3 aromatic carbocycles. The van der Waals surface area contributed by atoms with Crippen LogP contribution in [-0.4, -0.2) is 18.9 Å². The third-order valence-electron chi connectivity index (χ3n) is 4.43. The molecule has 0 atom stereocenters. The van der Waals surface area contributed by atoms with Gasteiger partial charge in [-0.3, -0.25) is 4.79 Å². The monoisotopic (exact) mass is 424 g/mol. The number of methoxy groups -OCH3 is 1. The van der Waals surface area contributed by atoms with E-state index in [1.807, 2.05) is 0 Å². The lowest BCUT2D eigenvalue weighted by molar-refractivity contribution is 0.0734. The summed E-state index contributed by atoms with van der Waals surface area (Å²) in [5, 5.41) is 0.155. The van der Waals surface area contributed by atoms with Crippen LogP contribution in [0.1, 0.15) is 26.3 Å². The first-order valence-corrected chi connectivity index (χ1v) is 9.22. The predicted molar refractivity (Wildman–Crippen MR) is 109 cm³/mol. The largest absolute Gasteiger partial charge is 0.497 e. The van der Waals surface area contributed by atoms with Gasteiger partial charge in [0, 0.05) is 11.6 Å². The highest BCUT2D eigenvalue weighted by Gasteiger charge is 2.28. The number of allylic oxidation sites excluding steroid dienone is 1. The molecule has 0 amide bonds. The van der Waals surface area contributed by atoms with Crippen LogP contribution in [0.25, 0.3) is 6.08 Å². The van der Waals surface area contributed by atoms with Crippen LogP contribution in [-0.2, 0) is 0 Å². The highest BCUT2D eigenvalue weighted by Crippen LogP contribution is 2.36. The second-order valence-corrected chi connectivity index (χ2v) is 6.76. The summed E-state index contributed by atoms with van der Waals surface area (Å²) in [4.78, 5) is 24.9. The molecule has 0 spiro atoms. The molecule has 0 saturated heterocycles. The normalized spacial score (nSPS) is 13.7. The van der Waals surface area contributed by atoms with Gasteiger partial charge in [0.1, 0.15) is 23.1 Å². The van der Waals surface area contributed by atoms with Crippen LogP contribution >= 0.6 is 11.6 Å². The maximum absolute atomic E-state index is 14.0. The minimum Gasteiger partial charge on any atom is -0.497 e. The summed E-state index contributed by atoms with van der Waals surface area (Å²) < 4.78 is 30.1. The summed E-state index contributed by atoms with van der Waals surface area (Å²) in [6.45, 7) is 0. The van der Waals surface area contributed by atoms with E-state index in [0.29, 0.717) is 11.3 Å². The second kappa shape index (κ2) is 8.00. The van der Waals surface area contributed by atoms with E-state index in [1.165, 1.54) is 49.6 Å². The van der Waals surface area contributed by atoms with Gasteiger partial charge in [-0.05, 0) is 48.5 Å². The van der Waals surface area contributed by atoms with Gasteiger partial charge in [-0.1, -0.05) is 23.7 Å². The van der Waals surface area contributed by atoms with Gasteiger partial charge in [-0.15, -0.1) is 0 Å². The quantitative estimate of drug-likeness (QED) is 0.322. The van der Waals surface area contributed by atoms with E-state index >= 15 is 0 Å². The molecule has 0 saturated carbocycles. The number of fused-ring (bicyclic) bond motifs is 1. The van der Waals surface area contributed by atoms with Gasteiger partial charge in [0.15, 0.2) is 5.76 Å². The Balaban J connectivity index is 1.58. The molecule has 0 bridgehead atoms. The van der Waals surface area contributed by atoms with Crippen LogP contribution in [0.4, 0.5) is 4.39 Å². The number of carbonyl (C=O) groups excluding carboxylic acids is 2. The summed E-state index contributed by atoms with van der Waals surface area (Å²) in [5.74, 6) is -0.742. The van der Waals surface area contributed by atoms with Gasteiger partial charge in [0.2, 0.25) is 5.78 Å². The molecule has 0 aliphatic carbocycles. The molecule has 7 heteroatoms. The fourth-order valence-corrected chi connectivity index (χ4v) is 3.14. The number of Topliss-reactive ketones (excluding diaryl/α,β-unsaturated/α-hetero) is 1. The lowest BCUT2D eigenvalue weighted by atomic mass is 10.1. The summed E-state index contributed by atoms with van der Waals surface area (Å²) in [5.41, 5.74) is 0.636. The van der Waals surface area contributed by atoms with Crippen molar-refractivity contribution in [2.24, 2.45) is 0 Å². The number of halogens is 2. The number of esters is 1. The fourth-order valence-electron chi connectivity index (χ4n) is 2.93. The van der Waals surface area contributed by atoms with Gasteiger partial charge in [0.05, 0.1) is 23.3 Å². The van der Waals surface area contributed by atoms with Gasteiger partial charge in [-0.25, -0.2) is 9.18 Å². The van der Waals surface area contributed by atoms with Crippen molar-refractivity contribution in [1.82, 2.24) is 0 Å². The van der Waals surface area contributed by atoms with Gasteiger partial charge in [-0.2, -0.15) is 0 Å². The van der Waals surface area contributed by atoms with Crippen molar-refractivity contribution < 1.29 is 28.2 Å².